The summed E-state index contributed by atoms with van der Waals surface area (Å²) in [6.45, 7) is 12.4. The number of likely N-dealkylation sites (N-methyl/N-ethyl adjacent to an activating group) is 1. The minimum atomic E-state index is 0.0482. The molecule has 0 aliphatic heterocycles. The molecule has 0 amide bonds. The lowest BCUT2D eigenvalue weighted by atomic mass is 9.88. The van der Waals surface area contributed by atoms with Crippen molar-refractivity contribution < 1.29 is 9.84 Å². The second kappa shape index (κ2) is 14.3. The van der Waals surface area contributed by atoms with Crippen molar-refractivity contribution >= 4 is 11.3 Å². The number of ether oxygens (including phenoxy) is 1. The maximum Gasteiger partial charge on any atom is 0.0717 e. The summed E-state index contributed by atoms with van der Waals surface area (Å²) in [6, 6.07) is 18.7. The molecular weight excluding hydrogens is 420 g/mol. The van der Waals surface area contributed by atoms with Crippen LogP contribution < -0.4 is 5.32 Å². The maximum atomic E-state index is 9.32. The van der Waals surface area contributed by atoms with Crippen LogP contribution in [-0.2, 0) is 11.3 Å². The monoisotopic (exact) mass is 458 g/mol. The highest BCUT2D eigenvalue weighted by Crippen LogP contribution is 2.42. The van der Waals surface area contributed by atoms with E-state index in [1.54, 1.807) is 0 Å². The number of allylic oxidation sites excluding steroid dienone is 5. The van der Waals surface area contributed by atoms with Gasteiger partial charge in [-0.3, -0.25) is 0 Å². The molecule has 2 bridgehead atoms. The number of aryl methyl sites for hydroxylation is 1. The predicted molar refractivity (Wildman–Crippen MR) is 144 cm³/mol. The van der Waals surface area contributed by atoms with Gasteiger partial charge < -0.3 is 20.6 Å². The summed E-state index contributed by atoms with van der Waals surface area (Å²) in [7, 11) is 1.92. The number of benzene rings is 2. The van der Waals surface area contributed by atoms with Crippen molar-refractivity contribution in [1.82, 2.24) is 5.32 Å². The van der Waals surface area contributed by atoms with Crippen LogP contribution in [0.3, 0.4) is 0 Å². The fourth-order valence-corrected chi connectivity index (χ4v) is 4.07. The van der Waals surface area contributed by atoms with Gasteiger partial charge in [0.1, 0.15) is 0 Å². The van der Waals surface area contributed by atoms with Gasteiger partial charge >= 0.3 is 0 Å². The Bertz CT molecular complexity index is 1030. The first-order chi connectivity index (χ1) is 16.5. The molecule has 0 saturated heterocycles. The van der Waals surface area contributed by atoms with Crippen LogP contribution >= 0.6 is 0 Å². The summed E-state index contributed by atoms with van der Waals surface area (Å²) in [4.78, 5) is 0. The second-order valence-electron chi connectivity index (χ2n) is 8.22. The molecule has 0 fully saturated rings. The highest BCUT2D eigenvalue weighted by atomic mass is 16.5. The summed E-state index contributed by atoms with van der Waals surface area (Å²) < 4.78 is 5.67. The van der Waals surface area contributed by atoms with E-state index < -0.39 is 0 Å². The maximum absolute atomic E-state index is 9.32. The van der Waals surface area contributed by atoms with Gasteiger partial charge in [0.25, 0.3) is 0 Å². The Balaban J connectivity index is 0.000000384. The summed E-state index contributed by atoms with van der Waals surface area (Å²) in [5.74, 6) is 0.0482. The van der Waals surface area contributed by atoms with Crippen molar-refractivity contribution in [1.29, 1.82) is 5.41 Å². The third-order valence-corrected chi connectivity index (χ3v) is 5.84. The van der Waals surface area contributed by atoms with Crippen molar-refractivity contribution in [3.63, 3.8) is 0 Å². The van der Waals surface area contributed by atoms with Gasteiger partial charge in [0.15, 0.2) is 0 Å². The predicted octanol–water partition coefficient (Wildman–Crippen LogP) is 5.89. The SMILES string of the molecule is C=C.CNCCOCc1cccc(C2=CC3C(=N)C(=C2)C(CCO)=C3C)c1.Cc1ccccc1. The van der Waals surface area contributed by atoms with Crippen molar-refractivity contribution in [3.05, 3.63) is 113 Å². The Kier molecular flexibility index (Phi) is 11.4. The van der Waals surface area contributed by atoms with Gasteiger partial charge in [-0.05, 0) is 61.7 Å². The van der Waals surface area contributed by atoms with Crippen LogP contribution in [-0.4, -0.2) is 37.6 Å². The first kappa shape index (κ1) is 27.2. The summed E-state index contributed by atoms with van der Waals surface area (Å²) in [6.07, 6.45) is 4.89. The molecule has 1 unspecified atom stereocenters. The molecule has 180 valence electrons. The third-order valence-electron chi connectivity index (χ3n) is 5.84. The van der Waals surface area contributed by atoms with Gasteiger partial charge in [-0.15, -0.1) is 13.2 Å². The molecule has 0 spiro atoms. The van der Waals surface area contributed by atoms with E-state index in [9.17, 15) is 5.11 Å². The fourth-order valence-electron chi connectivity index (χ4n) is 4.07. The van der Waals surface area contributed by atoms with Crippen molar-refractivity contribution in [2.24, 2.45) is 5.92 Å². The Hall–Kier alpha value is -3.05. The van der Waals surface area contributed by atoms with E-state index in [-0.39, 0.29) is 12.5 Å². The van der Waals surface area contributed by atoms with Crippen LogP contribution in [0.5, 0.6) is 0 Å². The standard InChI is InChI=1S/C21H26N2O2.C7H8.C2H4/c1-14-18(6-8-24)20-12-17(11-19(14)21(20)22)16-5-3-4-15(10-16)13-25-9-7-23-2;1-7-5-3-2-4-6-7;1-2/h3-5,10-12,19,22-24H,6-9,13H2,1-2H3;2-6H,1H3;1-2H2. The number of aliphatic hydroxyl groups is 1. The zero-order valence-corrected chi connectivity index (χ0v) is 20.7. The molecule has 2 aromatic carbocycles. The van der Waals surface area contributed by atoms with Gasteiger partial charge in [-0.2, -0.15) is 0 Å². The van der Waals surface area contributed by atoms with Crippen molar-refractivity contribution in [3.8, 4) is 0 Å². The highest BCUT2D eigenvalue weighted by molar-refractivity contribution is 6.14. The average Bonchev–Trinajstić information content (AvgIpc) is 2.99. The molecule has 1 atom stereocenters. The van der Waals surface area contributed by atoms with Crippen LogP contribution in [0.15, 0.2) is 96.6 Å². The lowest BCUT2D eigenvalue weighted by Crippen LogP contribution is -2.14. The molecule has 0 radical (unpaired) electrons. The van der Waals surface area contributed by atoms with E-state index in [1.165, 1.54) is 11.1 Å². The van der Waals surface area contributed by atoms with Crippen LogP contribution in [0.4, 0.5) is 0 Å². The number of hydrogen-bond donors (Lipinski definition) is 3. The minimum Gasteiger partial charge on any atom is -0.396 e. The van der Waals surface area contributed by atoms with E-state index in [0.717, 1.165) is 34.4 Å². The van der Waals surface area contributed by atoms with Crippen LogP contribution in [0.1, 0.15) is 30.0 Å². The van der Waals surface area contributed by atoms with E-state index in [1.807, 2.05) is 25.2 Å². The Morgan fingerprint density at radius 2 is 1.79 bits per heavy atom. The molecule has 4 nitrogen and oxygen atoms in total. The average molecular weight is 459 g/mol. The van der Waals surface area contributed by atoms with Gasteiger partial charge in [0, 0.05) is 30.4 Å². The van der Waals surface area contributed by atoms with E-state index in [4.69, 9.17) is 10.1 Å². The van der Waals surface area contributed by atoms with Gasteiger partial charge in [0.2, 0.25) is 0 Å². The first-order valence-electron chi connectivity index (χ1n) is 11.7. The largest absolute Gasteiger partial charge is 0.396 e. The fraction of sp³-hybridized carbons (Fsp3) is 0.300. The topological polar surface area (TPSA) is 65.3 Å². The number of rotatable bonds is 8. The molecule has 2 aliphatic rings. The zero-order chi connectivity index (χ0) is 24.9. The molecule has 2 aromatic rings. The number of nitrogens with one attached hydrogen (secondary N) is 2. The van der Waals surface area contributed by atoms with Crippen LogP contribution in [0, 0.1) is 18.3 Å². The Labute approximate surface area is 204 Å². The van der Waals surface area contributed by atoms with Crippen molar-refractivity contribution in [2.75, 3.05) is 26.8 Å². The second-order valence-corrected chi connectivity index (χ2v) is 8.22. The number of fused-ring (bicyclic) bond motifs is 2. The van der Waals surface area contributed by atoms with Gasteiger partial charge in [-0.25, -0.2) is 0 Å². The quantitative estimate of drug-likeness (QED) is 0.341. The van der Waals surface area contributed by atoms with E-state index in [0.29, 0.717) is 25.3 Å². The first-order valence-corrected chi connectivity index (χ1v) is 11.7. The number of hydrogen-bond acceptors (Lipinski definition) is 4. The van der Waals surface area contributed by atoms with Gasteiger partial charge in [0.05, 0.1) is 13.2 Å². The molecule has 4 heteroatoms. The van der Waals surface area contributed by atoms with Crippen molar-refractivity contribution in [2.45, 2.75) is 26.9 Å². The molecular formula is C30H38N2O2. The Morgan fingerprint density at radius 3 is 2.41 bits per heavy atom. The molecule has 34 heavy (non-hydrogen) atoms. The van der Waals surface area contributed by atoms with E-state index >= 15 is 0 Å². The zero-order valence-electron chi connectivity index (χ0n) is 20.7. The highest BCUT2D eigenvalue weighted by Gasteiger charge is 2.33. The smallest absolute Gasteiger partial charge is 0.0717 e. The lowest BCUT2D eigenvalue weighted by Gasteiger charge is -2.16. The number of aliphatic hydroxyl groups excluding tert-OH is 1. The van der Waals surface area contributed by atoms with Crippen LogP contribution in [0.2, 0.25) is 0 Å². The lowest BCUT2D eigenvalue weighted by molar-refractivity contribution is 0.124. The summed E-state index contributed by atoms with van der Waals surface area (Å²) in [5.41, 5.74) is 8.77. The van der Waals surface area contributed by atoms with Crippen LogP contribution in [0.25, 0.3) is 5.57 Å². The molecule has 0 aromatic heterocycles. The van der Waals surface area contributed by atoms with Gasteiger partial charge in [-0.1, -0.05) is 65.7 Å². The molecule has 4 rings (SSSR count). The van der Waals surface area contributed by atoms with E-state index in [2.05, 4.69) is 80.9 Å². The summed E-state index contributed by atoms with van der Waals surface area (Å²) >= 11 is 0. The minimum absolute atomic E-state index is 0.0482. The Morgan fingerprint density at radius 1 is 1.06 bits per heavy atom. The summed E-state index contributed by atoms with van der Waals surface area (Å²) in [5, 5.41) is 20.8. The molecule has 2 aliphatic carbocycles. The molecule has 0 saturated carbocycles. The third kappa shape index (κ3) is 7.22. The molecule has 0 heterocycles. The molecule has 3 N–H and O–H groups in total. The normalized spacial score (nSPS) is 16.1.